The number of likely N-dealkylation sites (tertiary alicyclic amines) is 1. The second-order valence-corrected chi connectivity index (χ2v) is 5.74. The van der Waals surface area contributed by atoms with Crippen LogP contribution in [0.15, 0.2) is 0 Å². The number of rotatable bonds is 3. The Labute approximate surface area is 107 Å². The third-order valence-electron chi connectivity index (χ3n) is 4.30. The lowest BCUT2D eigenvalue weighted by molar-refractivity contribution is -0.146. The molecule has 5 heteroatoms. The van der Waals surface area contributed by atoms with Crippen molar-refractivity contribution in [1.29, 1.82) is 0 Å². The Bertz CT molecular complexity index is 329. The van der Waals surface area contributed by atoms with Crippen LogP contribution in [-0.4, -0.2) is 40.5 Å². The van der Waals surface area contributed by atoms with E-state index in [0.29, 0.717) is 32.4 Å². The van der Waals surface area contributed by atoms with Crippen molar-refractivity contribution < 1.29 is 14.7 Å². The summed E-state index contributed by atoms with van der Waals surface area (Å²) >= 11 is 0. The molecule has 0 unspecified atom stereocenters. The molecule has 1 saturated carbocycles. The first-order chi connectivity index (χ1) is 8.50. The molecule has 18 heavy (non-hydrogen) atoms. The zero-order valence-corrected chi connectivity index (χ0v) is 10.7. The molecule has 5 nitrogen and oxygen atoms in total. The predicted octanol–water partition coefficient (Wildman–Crippen LogP) is 0.971. The van der Waals surface area contributed by atoms with Gasteiger partial charge in [-0.15, -0.1) is 0 Å². The van der Waals surface area contributed by atoms with E-state index in [1.165, 1.54) is 0 Å². The Hall–Kier alpha value is -1.10. The van der Waals surface area contributed by atoms with Crippen LogP contribution in [0.4, 0.5) is 0 Å². The lowest BCUT2D eigenvalue weighted by Crippen LogP contribution is -2.46. The van der Waals surface area contributed by atoms with Crippen molar-refractivity contribution in [3.8, 4) is 0 Å². The highest BCUT2D eigenvalue weighted by Crippen LogP contribution is 2.31. The molecule has 1 saturated heterocycles. The lowest BCUT2D eigenvalue weighted by atomic mass is 9.92. The van der Waals surface area contributed by atoms with Crippen LogP contribution in [0.25, 0.3) is 0 Å². The van der Waals surface area contributed by atoms with Crippen molar-refractivity contribution in [2.75, 3.05) is 13.1 Å². The monoisotopic (exact) mass is 254 g/mol. The molecule has 3 N–H and O–H groups in total. The van der Waals surface area contributed by atoms with Crippen molar-refractivity contribution in [3.63, 3.8) is 0 Å². The van der Waals surface area contributed by atoms with Crippen LogP contribution in [0.5, 0.6) is 0 Å². The van der Waals surface area contributed by atoms with Gasteiger partial charge in [-0.25, -0.2) is 0 Å². The standard InChI is InChI=1S/C13H22N2O3/c14-13(5-1-2-6-13)9-11(16)15-7-3-10(4-8-15)12(17)18/h10H,1-9,14H2,(H,17,18). The number of aliphatic carboxylic acids is 1. The maximum absolute atomic E-state index is 12.1. The van der Waals surface area contributed by atoms with Gasteiger partial charge in [0, 0.05) is 25.0 Å². The van der Waals surface area contributed by atoms with Gasteiger partial charge in [0.05, 0.1) is 5.92 Å². The number of carbonyl (C=O) groups excluding carboxylic acids is 1. The smallest absolute Gasteiger partial charge is 0.306 e. The maximum Gasteiger partial charge on any atom is 0.306 e. The van der Waals surface area contributed by atoms with E-state index < -0.39 is 5.97 Å². The van der Waals surface area contributed by atoms with Crippen molar-refractivity contribution in [3.05, 3.63) is 0 Å². The summed E-state index contributed by atoms with van der Waals surface area (Å²) < 4.78 is 0. The van der Waals surface area contributed by atoms with E-state index in [2.05, 4.69) is 0 Å². The van der Waals surface area contributed by atoms with Gasteiger partial charge in [-0.05, 0) is 25.7 Å². The minimum Gasteiger partial charge on any atom is -0.481 e. The van der Waals surface area contributed by atoms with E-state index in [0.717, 1.165) is 25.7 Å². The summed E-state index contributed by atoms with van der Waals surface area (Å²) in [5, 5.41) is 8.91. The quantitative estimate of drug-likeness (QED) is 0.786. The number of nitrogens with two attached hydrogens (primary N) is 1. The number of piperidine rings is 1. The molecule has 2 fully saturated rings. The number of carboxylic acids is 1. The molecule has 0 spiro atoms. The average molecular weight is 254 g/mol. The molecule has 1 aliphatic heterocycles. The second kappa shape index (κ2) is 5.26. The van der Waals surface area contributed by atoms with E-state index in [4.69, 9.17) is 10.8 Å². The first kappa shape index (κ1) is 13.3. The van der Waals surface area contributed by atoms with Crippen LogP contribution in [-0.2, 0) is 9.59 Å². The fourth-order valence-electron chi connectivity index (χ4n) is 3.04. The minimum absolute atomic E-state index is 0.100. The zero-order chi connectivity index (χ0) is 13.2. The minimum atomic E-state index is -0.742. The van der Waals surface area contributed by atoms with Crippen LogP contribution in [0.2, 0.25) is 0 Å². The fraction of sp³-hybridized carbons (Fsp3) is 0.846. The lowest BCUT2D eigenvalue weighted by Gasteiger charge is -2.33. The Balaban J connectivity index is 1.82. The van der Waals surface area contributed by atoms with E-state index in [1.54, 1.807) is 4.90 Å². The molecule has 0 aromatic carbocycles. The topological polar surface area (TPSA) is 83.6 Å². The van der Waals surface area contributed by atoms with Crippen molar-refractivity contribution in [2.24, 2.45) is 11.7 Å². The summed E-state index contributed by atoms with van der Waals surface area (Å²) in [6.07, 6.45) is 5.66. The Morgan fingerprint density at radius 2 is 1.78 bits per heavy atom. The van der Waals surface area contributed by atoms with Gasteiger partial charge < -0.3 is 15.7 Å². The van der Waals surface area contributed by atoms with Gasteiger partial charge in [0.1, 0.15) is 0 Å². The van der Waals surface area contributed by atoms with Crippen LogP contribution in [0.1, 0.15) is 44.9 Å². The second-order valence-electron chi connectivity index (χ2n) is 5.74. The number of carbonyl (C=O) groups is 2. The highest BCUT2D eigenvalue weighted by atomic mass is 16.4. The largest absolute Gasteiger partial charge is 0.481 e. The summed E-state index contributed by atoms with van der Waals surface area (Å²) in [6, 6.07) is 0. The summed E-state index contributed by atoms with van der Waals surface area (Å²) in [4.78, 5) is 24.8. The average Bonchev–Trinajstić information content (AvgIpc) is 2.76. The van der Waals surface area contributed by atoms with E-state index >= 15 is 0 Å². The zero-order valence-electron chi connectivity index (χ0n) is 10.7. The first-order valence-corrected chi connectivity index (χ1v) is 6.80. The third-order valence-corrected chi connectivity index (χ3v) is 4.30. The molecular weight excluding hydrogens is 232 g/mol. The Morgan fingerprint density at radius 3 is 2.28 bits per heavy atom. The van der Waals surface area contributed by atoms with Gasteiger partial charge in [-0.2, -0.15) is 0 Å². The number of hydrogen-bond donors (Lipinski definition) is 2. The highest BCUT2D eigenvalue weighted by molar-refractivity contribution is 5.78. The number of nitrogens with zero attached hydrogens (tertiary/aromatic N) is 1. The highest BCUT2D eigenvalue weighted by Gasteiger charge is 2.34. The van der Waals surface area contributed by atoms with Crippen molar-refractivity contribution in [1.82, 2.24) is 4.90 Å². The number of hydrogen-bond acceptors (Lipinski definition) is 3. The fourth-order valence-corrected chi connectivity index (χ4v) is 3.04. The third kappa shape index (κ3) is 3.02. The molecule has 1 aliphatic carbocycles. The van der Waals surface area contributed by atoms with Gasteiger partial charge in [0.2, 0.25) is 5.91 Å². The molecule has 0 aromatic rings. The molecule has 0 bridgehead atoms. The summed E-state index contributed by atoms with van der Waals surface area (Å²) in [5.41, 5.74) is 5.90. The van der Waals surface area contributed by atoms with Gasteiger partial charge in [0.15, 0.2) is 0 Å². The Kier molecular flexibility index (Phi) is 3.90. The van der Waals surface area contributed by atoms with Gasteiger partial charge in [-0.3, -0.25) is 9.59 Å². The van der Waals surface area contributed by atoms with E-state index in [9.17, 15) is 9.59 Å². The maximum atomic E-state index is 12.1. The molecule has 2 rings (SSSR count). The normalized spacial score (nSPS) is 24.2. The molecule has 0 atom stereocenters. The summed E-state index contributed by atoms with van der Waals surface area (Å²) in [6.45, 7) is 1.12. The van der Waals surface area contributed by atoms with Crippen LogP contribution in [0.3, 0.4) is 0 Å². The molecule has 102 valence electrons. The van der Waals surface area contributed by atoms with E-state index in [-0.39, 0.29) is 17.4 Å². The molecule has 1 amide bonds. The van der Waals surface area contributed by atoms with Crippen LogP contribution >= 0.6 is 0 Å². The summed E-state index contributed by atoms with van der Waals surface area (Å²) in [7, 11) is 0. The van der Waals surface area contributed by atoms with Crippen molar-refractivity contribution >= 4 is 11.9 Å². The molecular formula is C13H22N2O3. The SMILES string of the molecule is NC1(CC(=O)N2CCC(C(=O)O)CC2)CCCC1. The van der Waals surface area contributed by atoms with Crippen LogP contribution < -0.4 is 5.73 Å². The van der Waals surface area contributed by atoms with Crippen LogP contribution in [0, 0.1) is 5.92 Å². The van der Waals surface area contributed by atoms with Gasteiger partial charge in [-0.1, -0.05) is 12.8 Å². The molecule has 0 radical (unpaired) electrons. The molecule has 1 heterocycles. The first-order valence-electron chi connectivity index (χ1n) is 6.80. The van der Waals surface area contributed by atoms with E-state index in [1.807, 2.05) is 0 Å². The Morgan fingerprint density at radius 1 is 1.22 bits per heavy atom. The predicted molar refractivity (Wildman–Crippen MR) is 66.9 cm³/mol. The van der Waals surface area contributed by atoms with Gasteiger partial charge >= 0.3 is 5.97 Å². The molecule has 0 aromatic heterocycles. The van der Waals surface area contributed by atoms with Gasteiger partial charge in [0.25, 0.3) is 0 Å². The summed E-state index contributed by atoms with van der Waals surface area (Å²) in [5.74, 6) is -0.927. The number of amides is 1. The van der Waals surface area contributed by atoms with Crippen molar-refractivity contribution in [2.45, 2.75) is 50.5 Å². The number of carboxylic acid groups (broad SMARTS) is 1. The molecule has 2 aliphatic rings.